The van der Waals surface area contributed by atoms with Gasteiger partial charge in [-0.1, -0.05) is 48.5 Å². The van der Waals surface area contributed by atoms with Crippen LogP contribution in [0.4, 0.5) is 18.0 Å². The third-order valence-corrected chi connectivity index (χ3v) is 5.79. The van der Waals surface area contributed by atoms with Gasteiger partial charge in [-0.15, -0.1) is 0 Å². The van der Waals surface area contributed by atoms with Gasteiger partial charge in [-0.05, 0) is 36.1 Å². The van der Waals surface area contributed by atoms with E-state index in [-0.39, 0.29) is 12.5 Å². The molecule has 1 unspecified atom stereocenters. The molecule has 10 heteroatoms. The summed E-state index contributed by atoms with van der Waals surface area (Å²) in [5, 5.41) is 13.1. The number of benzene rings is 2. The van der Waals surface area contributed by atoms with E-state index in [4.69, 9.17) is 9.84 Å². The van der Waals surface area contributed by atoms with Crippen LogP contribution < -0.4 is 10.6 Å². The van der Waals surface area contributed by atoms with Crippen LogP contribution in [0.1, 0.15) is 30.9 Å². The molecule has 0 radical (unpaired) electrons. The highest BCUT2D eigenvalue weighted by atomic mass is 19.4. The van der Waals surface area contributed by atoms with Crippen LogP contribution in [0.2, 0.25) is 0 Å². The summed E-state index contributed by atoms with van der Waals surface area (Å²) in [4.78, 5) is 35.4. The van der Waals surface area contributed by atoms with Crippen molar-refractivity contribution in [1.82, 2.24) is 10.6 Å². The molecule has 0 heterocycles. The Morgan fingerprint density at radius 3 is 2.00 bits per heavy atom. The summed E-state index contributed by atoms with van der Waals surface area (Å²) in [5.74, 6) is -5.52. The van der Waals surface area contributed by atoms with E-state index in [9.17, 15) is 27.6 Å². The molecule has 2 aromatic carbocycles. The standard InChI is InChI=1S/C24H25F3N2O5/c1-23(2,21(31)32)13-29-20(30)19(24(25,26)27)11-28-22(33)34-12-18-16-9-5-3-7-14(16)15-8-4-6-10-17(15)18/h3-10,18-19H,11-13H2,1-2H3,(H,28,33)(H,29,30)(H,31,32). The molecular weight excluding hydrogens is 453 g/mol. The fourth-order valence-electron chi connectivity index (χ4n) is 3.70. The summed E-state index contributed by atoms with van der Waals surface area (Å²) < 4.78 is 45.4. The van der Waals surface area contributed by atoms with Crippen LogP contribution in [0.25, 0.3) is 11.1 Å². The van der Waals surface area contributed by atoms with Gasteiger partial charge in [0.25, 0.3) is 0 Å². The number of aliphatic carboxylic acids is 1. The number of amides is 2. The highest BCUT2D eigenvalue weighted by molar-refractivity contribution is 5.82. The Labute approximate surface area is 194 Å². The highest BCUT2D eigenvalue weighted by Crippen LogP contribution is 2.44. The number of carboxylic acids is 1. The van der Waals surface area contributed by atoms with Gasteiger partial charge in [0, 0.05) is 19.0 Å². The average molecular weight is 478 g/mol. The second-order valence-electron chi connectivity index (χ2n) is 8.71. The smallest absolute Gasteiger partial charge is 0.407 e. The van der Waals surface area contributed by atoms with Crippen molar-refractivity contribution in [3.8, 4) is 11.1 Å². The van der Waals surface area contributed by atoms with Gasteiger partial charge in [-0.25, -0.2) is 4.79 Å². The number of ether oxygens (including phenoxy) is 1. The minimum Gasteiger partial charge on any atom is -0.481 e. The number of carboxylic acid groups (broad SMARTS) is 1. The number of halogens is 3. The number of hydrogen-bond donors (Lipinski definition) is 3. The van der Waals surface area contributed by atoms with E-state index in [1.165, 1.54) is 13.8 Å². The van der Waals surface area contributed by atoms with Crippen LogP contribution in [0, 0.1) is 11.3 Å². The maximum Gasteiger partial charge on any atom is 0.407 e. The van der Waals surface area contributed by atoms with Gasteiger partial charge in [0.05, 0.1) is 5.41 Å². The average Bonchev–Trinajstić information content (AvgIpc) is 3.09. The van der Waals surface area contributed by atoms with E-state index in [1.807, 2.05) is 59.2 Å². The molecule has 2 amide bonds. The molecule has 0 spiro atoms. The molecule has 182 valence electrons. The number of fused-ring (bicyclic) bond motifs is 3. The van der Waals surface area contributed by atoms with Crippen molar-refractivity contribution in [3.05, 3.63) is 59.7 Å². The number of carbonyl (C=O) groups excluding carboxylic acids is 2. The molecule has 0 aliphatic heterocycles. The van der Waals surface area contributed by atoms with Crippen molar-refractivity contribution >= 4 is 18.0 Å². The van der Waals surface area contributed by atoms with Crippen LogP contribution in [0.15, 0.2) is 48.5 Å². The van der Waals surface area contributed by atoms with Crippen molar-refractivity contribution in [2.24, 2.45) is 11.3 Å². The van der Waals surface area contributed by atoms with Crippen LogP contribution in [0.5, 0.6) is 0 Å². The molecule has 7 nitrogen and oxygen atoms in total. The first-order valence-electron chi connectivity index (χ1n) is 10.6. The fraction of sp³-hybridized carbons (Fsp3) is 0.375. The van der Waals surface area contributed by atoms with Crippen molar-refractivity contribution in [2.45, 2.75) is 25.9 Å². The van der Waals surface area contributed by atoms with Crippen LogP contribution in [0.3, 0.4) is 0 Å². The molecule has 34 heavy (non-hydrogen) atoms. The van der Waals surface area contributed by atoms with Crippen LogP contribution >= 0.6 is 0 Å². The van der Waals surface area contributed by atoms with E-state index in [0.29, 0.717) is 0 Å². The SMILES string of the molecule is CC(C)(CNC(=O)C(CNC(=O)OCC1c2ccccc2-c2ccccc21)C(F)(F)F)C(=O)O. The molecule has 0 fully saturated rings. The largest absolute Gasteiger partial charge is 0.481 e. The Bertz CT molecular complexity index is 1040. The maximum atomic E-state index is 13.4. The lowest BCUT2D eigenvalue weighted by Crippen LogP contribution is -2.49. The molecule has 1 aliphatic carbocycles. The lowest BCUT2D eigenvalue weighted by Gasteiger charge is -2.24. The number of rotatable bonds is 8. The van der Waals surface area contributed by atoms with E-state index in [0.717, 1.165) is 22.3 Å². The second kappa shape index (κ2) is 9.74. The van der Waals surface area contributed by atoms with Crippen molar-refractivity contribution in [2.75, 3.05) is 19.7 Å². The fourth-order valence-corrected chi connectivity index (χ4v) is 3.70. The number of nitrogens with one attached hydrogen (secondary N) is 2. The molecule has 3 rings (SSSR count). The van der Waals surface area contributed by atoms with Gasteiger partial charge in [-0.3, -0.25) is 9.59 Å². The molecule has 0 saturated heterocycles. The van der Waals surface area contributed by atoms with Crippen molar-refractivity contribution < 1.29 is 37.4 Å². The summed E-state index contributed by atoms with van der Waals surface area (Å²) in [6, 6.07) is 15.2. The van der Waals surface area contributed by atoms with Gasteiger partial charge >= 0.3 is 18.2 Å². The molecular formula is C24H25F3N2O5. The van der Waals surface area contributed by atoms with Gasteiger partial charge < -0.3 is 20.5 Å². The Kier molecular flexibility index (Phi) is 7.18. The first-order chi connectivity index (χ1) is 15.9. The molecule has 2 aromatic rings. The van der Waals surface area contributed by atoms with Crippen molar-refractivity contribution in [3.63, 3.8) is 0 Å². The second-order valence-corrected chi connectivity index (χ2v) is 8.71. The quantitative estimate of drug-likeness (QED) is 0.533. The normalized spacial score (nSPS) is 14.0. The Morgan fingerprint density at radius 1 is 0.971 bits per heavy atom. The maximum absolute atomic E-state index is 13.4. The summed E-state index contributed by atoms with van der Waals surface area (Å²) in [6.07, 6.45) is -6.04. The zero-order valence-corrected chi connectivity index (χ0v) is 18.6. The van der Waals surface area contributed by atoms with Gasteiger partial charge in [0.15, 0.2) is 5.92 Å². The lowest BCUT2D eigenvalue weighted by atomic mass is 9.93. The van der Waals surface area contributed by atoms with E-state index in [1.54, 1.807) is 0 Å². The minimum atomic E-state index is -4.95. The Morgan fingerprint density at radius 2 is 1.50 bits per heavy atom. The lowest BCUT2D eigenvalue weighted by molar-refractivity contribution is -0.181. The van der Waals surface area contributed by atoms with Crippen LogP contribution in [-0.2, 0) is 14.3 Å². The van der Waals surface area contributed by atoms with Gasteiger partial charge in [0.1, 0.15) is 6.61 Å². The molecule has 1 aliphatic rings. The van der Waals surface area contributed by atoms with E-state index < -0.39 is 48.6 Å². The van der Waals surface area contributed by atoms with Gasteiger partial charge in [0.2, 0.25) is 5.91 Å². The van der Waals surface area contributed by atoms with E-state index >= 15 is 0 Å². The van der Waals surface area contributed by atoms with Gasteiger partial charge in [-0.2, -0.15) is 13.2 Å². The van der Waals surface area contributed by atoms with Crippen molar-refractivity contribution in [1.29, 1.82) is 0 Å². The molecule has 0 aromatic heterocycles. The third-order valence-electron chi connectivity index (χ3n) is 5.79. The zero-order chi connectivity index (χ0) is 25.1. The van der Waals surface area contributed by atoms with Crippen LogP contribution in [-0.4, -0.2) is 48.9 Å². The summed E-state index contributed by atoms with van der Waals surface area (Å²) >= 11 is 0. The summed E-state index contributed by atoms with van der Waals surface area (Å²) in [5.41, 5.74) is 2.46. The summed E-state index contributed by atoms with van der Waals surface area (Å²) in [6.45, 7) is 0.911. The summed E-state index contributed by atoms with van der Waals surface area (Å²) in [7, 11) is 0. The third kappa shape index (κ3) is 5.49. The molecule has 1 atom stereocenters. The monoisotopic (exact) mass is 478 g/mol. The first-order valence-corrected chi connectivity index (χ1v) is 10.6. The number of alkyl halides is 3. The molecule has 0 bridgehead atoms. The predicted molar refractivity (Wildman–Crippen MR) is 117 cm³/mol. The minimum absolute atomic E-state index is 0.0878. The van der Waals surface area contributed by atoms with E-state index in [2.05, 4.69) is 0 Å². The first kappa shape index (κ1) is 25.1. The number of hydrogen-bond acceptors (Lipinski definition) is 4. The topological polar surface area (TPSA) is 105 Å². The highest BCUT2D eigenvalue weighted by Gasteiger charge is 2.45. The molecule has 0 saturated carbocycles. The predicted octanol–water partition coefficient (Wildman–Crippen LogP) is 3.93. The zero-order valence-electron chi connectivity index (χ0n) is 18.6. The number of carbonyl (C=O) groups is 3. The molecule has 3 N–H and O–H groups in total. The Balaban J connectivity index is 1.60. The Hall–Kier alpha value is -3.56. The number of alkyl carbamates (subject to hydrolysis) is 1.